The Morgan fingerprint density at radius 3 is 2.07 bits per heavy atom. The van der Waals surface area contributed by atoms with Crippen molar-refractivity contribution in [3.05, 3.63) is 71.8 Å². The highest BCUT2D eigenvalue weighted by molar-refractivity contribution is 5.83. The number of likely N-dealkylation sites (tertiary alicyclic amines) is 1. The SMILES string of the molecule is O=C(O)CN(CCc1ccccc1)C(=O)C1CCN(Cc2ccccc2)CC1. The molecule has 1 aliphatic rings. The number of carboxylic acid groups (broad SMARTS) is 1. The number of piperidine rings is 1. The van der Waals surface area contributed by atoms with Crippen molar-refractivity contribution < 1.29 is 14.7 Å². The second-order valence-corrected chi connectivity index (χ2v) is 7.43. The van der Waals surface area contributed by atoms with Crippen LogP contribution in [0.1, 0.15) is 24.0 Å². The lowest BCUT2D eigenvalue weighted by atomic mass is 9.94. The van der Waals surface area contributed by atoms with Crippen molar-refractivity contribution >= 4 is 11.9 Å². The predicted molar refractivity (Wildman–Crippen MR) is 109 cm³/mol. The van der Waals surface area contributed by atoms with Gasteiger partial charge in [-0.2, -0.15) is 0 Å². The molecule has 3 rings (SSSR count). The second-order valence-electron chi connectivity index (χ2n) is 7.43. The van der Waals surface area contributed by atoms with Crippen LogP contribution in [0, 0.1) is 5.92 Å². The number of amides is 1. The number of rotatable bonds is 8. The van der Waals surface area contributed by atoms with Gasteiger partial charge in [0.25, 0.3) is 0 Å². The molecule has 5 heteroatoms. The van der Waals surface area contributed by atoms with E-state index in [4.69, 9.17) is 0 Å². The zero-order valence-electron chi connectivity index (χ0n) is 16.2. The molecule has 1 aliphatic heterocycles. The van der Waals surface area contributed by atoms with Gasteiger partial charge in [-0.3, -0.25) is 14.5 Å². The Kier molecular flexibility index (Phi) is 7.20. The maximum atomic E-state index is 13.0. The lowest BCUT2D eigenvalue weighted by Gasteiger charge is -2.34. The molecule has 0 aromatic heterocycles. The summed E-state index contributed by atoms with van der Waals surface area (Å²) in [6.45, 7) is 2.85. The summed E-state index contributed by atoms with van der Waals surface area (Å²) in [5, 5.41) is 9.23. The third-order valence-electron chi connectivity index (χ3n) is 5.34. The minimum atomic E-state index is -0.956. The lowest BCUT2D eigenvalue weighted by molar-refractivity contribution is -0.147. The number of carbonyl (C=O) groups is 2. The van der Waals surface area contributed by atoms with E-state index in [0.717, 1.165) is 38.0 Å². The van der Waals surface area contributed by atoms with Crippen molar-refractivity contribution in [2.45, 2.75) is 25.8 Å². The average Bonchev–Trinajstić information content (AvgIpc) is 2.72. The number of carboxylic acids is 1. The molecule has 0 spiro atoms. The van der Waals surface area contributed by atoms with Crippen molar-refractivity contribution in [3.63, 3.8) is 0 Å². The zero-order valence-corrected chi connectivity index (χ0v) is 16.2. The van der Waals surface area contributed by atoms with Crippen LogP contribution in [0.4, 0.5) is 0 Å². The third-order valence-corrected chi connectivity index (χ3v) is 5.34. The van der Waals surface area contributed by atoms with Gasteiger partial charge in [0.2, 0.25) is 5.91 Å². The zero-order chi connectivity index (χ0) is 19.8. The second kappa shape index (κ2) is 10.0. The molecule has 0 bridgehead atoms. The molecule has 1 N–H and O–H groups in total. The topological polar surface area (TPSA) is 60.9 Å². The van der Waals surface area contributed by atoms with Crippen LogP contribution in [0.2, 0.25) is 0 Å². The van der Waals surface area contributed by atoms with Crippen molar-refractivity contribution in [1.82, 2.24) is 9.80 Å². The van der Waals surface area contributed by atoms with Crippen molar-refractivity contribution in [3.8, 4) is 0 Å². The molecule has 2 aromatic carbocycles. The molecule has 0 aliphatic carbocycles. The van der Waals surface area contributed by atoms with E-state index in [0.29, 0.717) is 13.0 Å². The summed E-state index contributed by atoms with van der Waals surface area (Å²) in [7, 11) is 0. The molecule has 0 radical (unpaired) electrons. The highest BCUT2D eigenvalue weighted by Crippen LogP contribution is 2.21. The van der Waals surface area contributed by atoms with Crippen LogP contribution < -0.4 is 0 Å². The van der Waals surface area contributed by atoms with Crippen molar-refractivity contribution in [1.29, 1.82) is 0 Å². The van der Waals surface area contributed by atoms with Gasteiger partial charge in [0.15, 0.2) is 0 Å². The fraction of sp³-hybridized carbons (Fsp3) is 0.391. The van der Waals surface area contributed by atoms with Crippen LogP contribution >= 0.6 is 0 Å². The third kappa shape index (κ3) is 5.92. The van der Waals surface area contributed by atoms with E-state index in [1.807, 2.05) is 48.5 Å². The van der Waals surface area contributed by atoms with Gasteiger partial charge >= 0.3 is 5.97 Å². The normalized spacial score (nSPS) is 15.3. The minimum Gasteiger partial charge on any atom is -0.480 e. The molecule has 0 saturated carbocycles. The Bertz CT molecular complexity index is 756. The molecule has 1 heterocycles. The van der Waals surface area contributed by atoms with E-state index in [1.54, 1.807) is 0 Å². The molecule has 1 fully saturated rings. The van der Waals surface area contributed by atoms with Gasteiger partial charge in [-0.05, 0) is 43.5 Å². The quantitative estimate of drug-likeness (QED) is 0.765. The number of carbonyl (C=O) groups excluding carboxylic acids is 1. The van der Waals surface area contributed by atoms with Gasteiger partial charge in [0.1, 0.15) is 6.54 Å². The fourth-order valence-electron chi connectivity index (χ4n) is 3.78. The van der Waals surface area contributed by atoms with Crippen LogP contribution in [0.15, 0.2) is 60.7 Å². The van der Waals surface area contributed by atoms with E-state index in [-0.39, 0.29) is 18.4 Å². The van der Waals surface area contributed by atoms with Gasteiger partial charge in [-0.1, -0.05) is 60.7 Å². The maximum Gasteiger partial charge on any atom is 0.323 e. The minimum absolute atomic E-state index is 0.0160. The van der Waals surface area contributed by atoms with Gasteiger partial charge in [0.05, 0.1) is 0 Å². The molecular formula is C23H28N2O3. The Labute approximate surface area is 166 Å². The largest absolute Gasteiger partial charge is 0.480 e. The number of benzene rings is 2. The average molecular weight is 380 g/mol. The number of nitrogens with zero attached hydrogens (tertiary/aromatic N) is 2. The Morgan fingerprint density at radius 2 is 1.50 bits per heavy atom. The van der Waals surface area contributed by atoms with E-state index in [2.05, 4.69) is 17.0 Å². The number of hydrogen-bond acceptors (Lipinski definition) is 3. The van der Waals surface area contributed by atoms with Gasteiger partial charge in [-0.15, -0.1) is 0 Å². The van der Waals surface area contributed by atoms with Crippen LogP contribution in [0.5, 0.6) is 0 Å². The molecule has 28 heavy (non-hydrogen) atoms. The standard InChI is InChI=1S/C23H28N2O3/c26-22(27)18-25(16-11-19-7-3-1-4-8-19)23(28)21-12-14-24(15-13-21)17-20-9-5-2-6-10-20/h1-10,21H,11-18H2,(H,26,27). The Hall–Kier alpha value is -2.66. The summed E-state index contributed by atoms with van der Waals surface area (Å²) in [6, 6.07) is 20.2. The number of aliphatic carboxylic acids is 1. The summed E-state index contributed by atoms with van der Waals surface area (Å²) in [5.74, 6) is -1.05. The highest BCUT2D eigenvalue weighted by atomic mass is 16.4. The molecule has 2 aromatic rings. The van der Waals surface area contributed by atoms with E-state index in [1.165, 1.54) is 10.5 Å². The first kappa shape index (κ1) is 20.1. The van der Waals surface area contributed by atoms with Gasteiger partial charge < -0.3 is 10.0 Å². The van der Waals surface area contributed by atoms with Gasteiger partial charge in [-0.25, -0.2) is 0 Å². The molecule has 1 saturated heterocycles. The molecule has 5 nitrogen and oxygen atoms in total. The fourth-order valence-corrected chi connectivity index (χ4v) is 3.78. The summed E-state index contributed by atoms with van der Waals surface area (Å²) < 4.78 is 0. The first-order chi connectivity index (χ1) is 13.6. The van der Waals surface area contributed by atoms with Crippen molar-refractivity contribution in [2.24, 2.45) is 5.92 Å². The lowest BCUT2D eigenvalue weighted by Crippen LogP contribution is -2.44. The molecule has 0 unspecified atom stereocenters. The summed E-state index contributed by atoms with van der Waals surface area (Å²) in [4.78, 5) is 28.1. The summed E-state index contributed by atoms with van der Waals surface area (Å²) in [6.07, 6.45) is 2.24. The smallest absolute Gasteiger partial charge is 0.323 e. The highest BCUT2D eigenvalue weighted by Gasteiger charge is 2.29. The summed E-state index contributed by atoms with van der Waals surface area (Å²) in [5.41, 5.74) is 2.39. The molecule has 148 valence electrons. The van der Waals surface area contributed by atoms with E-state index >= 15 is 0 Å². The molecule has 1 amide bonds. The Balaban J connectivity index is 1.53. The Morgan fingerprint density at radius 1 is 0.929 bits per heavy atom. The van der Waals surface area contributed by atoms with Crippen LogP contribution in [0.25, 0.3) is 0 Å². The number of hydrogen-bond donors (Lipinski definition) is 1. The maximum absolute atomic E-state index is 13.0. The van der Waals surface area contributed by atoms with Crippen LogP contribution in [-0.2, 0) is 22.6 Å². The first-order valence-corrected chi connectivity index (χ1v) is 9.92. The molecule has 0 atom stereocenters. The summed E-state index contributed by atoms with van der Waals surface area (Å²) >= 11 is 0. The van der Waals surface area contributed by atoms with E-state index < -0.39 is 5.97 Å². The predicted octanol–water partition coefficient (Wildman–Crippen LogP) is 3.05. The van der Waals surface area contributed by atoms with E-state index in [9.17, 15) is 14.7 Å². The monoisotopic (exact) mass is 380 g/mol. The van der Waals surface area contributed by atoms with Crippen LogP contribution in [0.3, 0.4) is 0 Å². The van der Waals surface area contributed by atoms with Crippen molar-refractivity contribution in [2.75, 3.05) is 26.2 Å². The first-order valence-electron chi connectivity index (χ1n) is 9.92. The molecular weight excluding hydrogens is 352 g/mol. The van der Waals surface area contributed by atoms with Gasteiger partial charge in [0, 0.05) is 19.0 Å². The van der Waals surface area contributed by atoms with Crippen LogP contribution in [-0.4, -0.2) is 53.0 Å².